The number of hydrogen-bond donors (Lipinski definition) is 0. The minimum atomic E-state index is -4.68. The summed E-state index contributed by atoms with van der Waals surface area (Å²) in [6.07, 6.45) is 1.11. The van der Waals surface area contributed by atoms with Crippen LogP contribution in [0, 0.1) is 5.25 Å². The number of rotatable bonds is 12. The van der Waals surface area contributed by atoms with E-state index >= 15 is 0 Å². The van der Waals surface area contributed by atoms with Crippen molar-refractivity contribution < 1.29 is 36.2 Å². The zero-order valence-electron chi connectivity index (χ0n) is 21.9. The van der Waals surface area contributed by atoms with Gasteiger partial charge in [0.05, 0.1) is 13.3 Å². The largest absolute Gasteiger partial charge is 0.495 e. The molecule has 0 N–H and O–H groups in total. The van der Waals surface area contributed by atoms with Crippen molar-refractivity contribution in [2.24, 2.45) is 0 Å². The highest BCUT2D eigenvalue weighted by molar-refractivity contribution is 7.98. The summed E-state index contributed by atoms with van der Waals surface area (Å²) in [6, 6.07) is 25.7. The lowest BCUT2D eigenvalue weighted by Gasteiger charge is -2.22. The Kier molecular flexibility index (Phi) is 10.3. The molecular weight excluding hydrogens is 613 g/mol. The van der Waals surface area contributed by atoms with Crippen molar-refractivity contribution in [2.45, 2.75) is 22.4 Å². The number of halogens is 3. The summed E-state index contributed by atoms with van der Waals surface area (Å²) in [5.74, 6) is 0.188. The van der Waals surface area contributed by atoms with Crippen molar-refractivity contribution in [3.8, 4) is 16.9 Å². The van der Waals surface area contributed by atoms with Crippen molar-refractivity contribution in [3.63, 3.8) is 0 Å². The highest BCUT2D eigenvalue weighted by Gasteiger charge is 2.35. The Labute approximate surface area is 246 Å². The van der Waals surface area contributed by atoms with E-state index in [4.69, 9.17) is 16.3 Å². The van der Waals surface area contributed by atoms with Crippen LogP contribution in [0.2, 0.25) is 5.02 Å². The van der Waals surface area contributed by atoms with Crippen molar-refractivity contribution in [2.75, 3.05) is 13.4 Å². The van der Waals surface area contributed by atoms with Crippen LogP contribution in [0.4, 0.5) is 9.05 Å². The second kappa shape index (κ2) is 13.5. The van der Waals surface area contributed by atoms with Gasteiger partial charge in [-0.1, -0.05) is 72.3 Å². The summed E-state index contributed by atoms with van der Waals surface area (Å²) < 4.78 is 77.6. The van der Waals surface area contributed by atoms with Crippen LogP contribution >= 0.6 is 31.0 Å². The van der Waals surface area contributed by atoms with Crippen molar-refractivity contribution in [1.29, 1.82) is 0 Å². The maximum absolute atomic E-state index is 14.3. The molecule has 0 aliphatic carbocycles. The zero-order valence-corrected chi connectivity index (χ0v) is 25.2. The third kappa shape index (κ3) is 7.02. The second-order valence-corrected chi connectivity index (χ2v) is 13.9. The van der Waals surface area contributed by atoms with E-state index in [0.717, 1.165) is 10.5 Å². The maximum atomic E-state index is 14.3. The minimum Gasteiger partial charge on any atom is -0.495 e. The Morgan fingerprint density at radius 2 is 1.63 bits per heavy atom. The molecule has 0 saturated heterocycles. The molecule has 0 amide bonds. The number of hydrogen-bond acceptors (Lipinski definition) is 7. The van der Waals surface area contributed by atoms with E-state index in [1.165, 1.54) is 31.4 Å². The Bertz CT molecular complexity index is 1680. The van der Waals surface area contributed by atoms with Crippen LogP contribution in [0.25, 0.3) is 11.1 Å². The summed E-state index contributed by atoms with van der Waals surface area (Å²) in [4.78, 5) is 1.01. The van der Waals surface area contributed by atoms with Crippen LogP contribution in [-0.4, -0.2) is 21.8 Å². The van der Waals surface area contributed by atoms with Gasteiger partial charge in [-0.3, -0.25) is 4.57 Å². The molecule has 0 bridgehead atoms. The van der Waals surface area contributed by atoms with Gasteiger partial charge in [-0.25, -0.2) is 8.42 Å². The first kappa shape index (κ1) is 31.2. The van der Waals surface area contributed by atoms with Gasteiger partial charge in [-0.15, -0.1) is 21.2 Å². The second-order valence-electron chi connectivity index (χ2n) is 8.86. The van der Waals surface area contributed by atoms with Gasteiger partial charge in [0.2, 0.25) is 0 Å². The molecule has 6 nitrogen and oxygen atoms in total. The topological polar surface area (TPSA) is 78.9 Å². The molecule has 0 atom stereocenters. The lowest BCUT2D eigenvalue weighted by atomic mass is 9.94. The SMILES string of the molecule is COc1ccccc1S(=O)(=O)[C](Cc1ccc(CP(=O)(OF)OF)c(Cl)c1)c1ccccc1-c1cccc(SC)c1. The number of thioether (sulfide) groups is 1. The molecule has 4 aromatic carbocycles. The average molecular weight is 638 g/mol. The van der Waals surface area contributed by atoms with Crippen LogP contribution in [0.3, 0.4) is 0 Å². The number of ether oxygens (including phenoxy) is 1. The number of para-hydroxylation sites is 1. The van der Waals surface area contributed by atoms with E-state index in [0.29, 0.717) is 16.7 Å². The normalized spacial score (nSPS) is 12.0. The predicted octanol–water partition coefficient (Wildman–Crippen LogP) is 8.83. The van der Waals surface area contributed by atoms with Gasteiger partial charge in [0.25, 0.3) is 0 Å². The Balaban J connectivity index is 1.86. The van der Waals surface area contributed by atoms with Gasteiger partial charge in [0.15, 0.2) is 9.84 Å². The van der Waals surface area contributed by atoms with Crippen molar-refractivity contribution in [3.05, 3.63) is 118 Å². The highest BCUT2D eigenvalue weighted by Crippen LogP contribution is 2.53. The molecule has 0 saturated carbocycles. The first-order chi connectivity index (χ1) is 19.7. The Morgan fingerprint density at radius 1 is 0.927 bits per heavy atom. The number of benzene rings is 4. The maximum Gasteiger partial charge on any atom is 0.399 e. The molecule has 0 heterocycles. The summed E-state index contributed by atoms with van der Waals surface area (Å²) in [5.41, 5.74) is 2.61. The molecule has 0 aromatic heterocycles. The first-order valence-electron chi connectivity index (χ1n) is 12.1. The van der Waals surface area contributed by atoms with Crippen LogP contribution in [0.1, 0.15) is 16.7 Å². The Hall–Kier alpha value is -2.72. The lowest BCUT2D eigenvalue weighted by Crippen LogP contribution is -2.19. The zero-order chi connectivity index (χ0) is 29.6. The van der Waals surface area contributed by atoms with E-state index in [1.54, 1.807) is 42.1 Å². The molecule has 12 heteroatoms. The fourth-order valence-corrected chi connectivity index (χ4v) is 7.76. The average Bonchev–Trinajstić information content (AvgIpc) is 3.01. The summed E-state index contributed by atoms with van der Waals surface area (Å²) in [7, 11) is -7.42. The van der Waals surface area contributed by atoms with Gasteiger partial charge in [0, 0.05) is 9.92 Å². The third-order valence-electron chi connectivity index (χ3n) is 6.35. The van der Waals surface area contributed by atoms with Crippen LogP contribution in [0.15, 0.2) is 101 Å². The number of sulfone groups is 1. The van der Waals surface area contributed by atoms with Gasteiger partial charge < -0.3 is 4.74 Å². The van der Waals surface area contributed by atoms with E-state index in [1.807, 2.05) is 42.7 Å². The molecule has 0 spiro atoms. The van der Waals surface area contributed by atoms with E-state index in [-0.39, 0.29) is 32.9 Å². The molecule has 4 rings (SSSR count). The Morgan fingerprint density at radius 3 is 2.32 bits per heavy atom. The summed E-state index contributed by atoms with van der Waals surface area (Å²) >= 11 is 7.93. The first-order valence-corrected chi connectivity index (χ1v) is 16.9. The quantitative estimate of drug-likeness (QED) is 0.113. The van der Waals surface area contributed by atoms with Crippen molar-refractivity contribution >= 4 is 40.8 Å². The monoisotopic (exact) mass is 637 g/mol. The molecular formula is C29H25ClF2O6PS2. The smallest absolute Gasteiger partial charge is 0.399 e. The molecule has 41 heavy (non-hydrogen) atoms. The van der Waals surface area contributed by atoms with Gasteiger partial charge >= 0.3 is 7.60 Å². The van der Waals surface area contributed by atoms with Crippen LogP contribution in [0.5, 0.6) is 5.75 Å². The summed E-state index contributed by atoms with van der Waals surface area (Å²) in [5, 5.41) is 0.0904. The van der Waals surface area contributed by atoms with E-state index in [9.17, 15) is 22.0 Å². The molecule has 0 aliphatic rings. The fraction of sp³-hybridized carbons (Fsp3) is 0.138. The number of methoxy groups -OCH3 is 1. The molecule has 1 radical (unpaired) electrons. The van der Waals surface area contributed by atoms with E-state index in [2.05, 4.69) is 9.46 Å². The summed E-state index contributed by atoms with van der Waals surface area (Å²) in [6.45, 7) is 0. The van der Waals surface area contributed by atoms with E-state index < -0.39 is 23.6 Å². The molecule has 215 valence electrons. The predicted molar refractivity (Wildman–Crippen MR) is 157 cm³/mol. The molecule has 0 aliphatic heterocycles. The van der Waals surface area contributed by atoms with Gasteiger partial charge in [-0.2, -0.15) is 0 Å². The minimum absolute atomic E-state index is 0.00554. The standard InChI is InChI=1S/C29H25ClF2O6PS2/c1-36-27-12-5-6-13-28(27)41(34,35)29(17-20-14-15-22(26(30)16-20)19-39(33,37-31)38-32)25-11-4-3-10-24(25)21-8-7-9-23(18-21)40-2/h3-16,18H,17,19H2,1-2H3. The van der Waals surface area contributed by atoms with Crippen LogP contribution in [-0.2, 0) is 36.4 Å². The van der Waals surface area contributed by atoms with Crippen LogP contribution < -0.4 is 4.74 Å². The molecule has 4 aromatic rings. The fourth-order valence-electron chi connectivity index (χ4n) is 4.36. The molecule has 0 fully saturated rings. The van der Waals surface area contributed by atoms with Gasteiger partial charge in [-0.05, 0) is 79.9 Å². The lowest BCUT2D eigenvalue weighted by molar-refractivity contribution is -0.0881. The van der Waals surface area contributed by atoms with Crippen molar-refractivity contribution in [1.82, 2.24) is 0 Å². The highest BCUT2D eigenvalue weighted by atomic mass is 35.5. The third-order valence-corrected chi connectivity index (χ3v) is 10.5. The molecule has 0 unspecified atom stereocenters. The van der Waals surface area contributed by atoms with Gasteiger partial charge in [0.1, 0.15) is 15.9 Å².